The minimum atomic E-state index is -3.84. The molecular weight excluding hydrogens is 434 g/mol. The van der Waals surface area contributed by atoms with Gasteiger partial charge in [-0.1, -0.05) is 12.1 Å². The van der Waals surface area contributed by atoms with E-state index in [1.165, 1.54) is 23.5 Å². The quantitative estimate of drug-likeness (QED) is 0.709. The van der Waals surface area contributed by atoms with Crippen LogP contribution in [0.5, 0.6) is 5.75 Å². The van der Waals surface area contributed by atoms with E-state index in [4.69, 9.17) is 9.47 Å². The fraction of sp³-hybridized carbons (Fsp3) is 0.364. The number of methoxy groups -OCH3 is 1. The highest BCUT2D eigenvalue weighted by Crippen LogP contribution is 2.34. The molecule has 2 aliphatic heterocycles. The second-order valence-electron chi connectivity index (χ2n) is 7.50. The Kier molecular flexibility index (Phi) is 6.45. The van der Waals surface area contributed by atoms with Gasteiger partial charge in [0.2, 0.25) is 15.9 Å². The molecule has 2 aliphatic rings. The zero-order valence-corrected chi connectivity index (χ0v) is 18.6. The number of amides is 2. The Hall–Kier alpha value is -2.95. The van der Waals surface area contributed by atoms with Crippen molar-refractivity contribution in [2.24, 2.45) is 0 Å². The van der Waals surface area contributed by atoms with Gasteiger partial charge in [0.1, 0.15) is 5.75 Å². The van der Waals surface area contributed by atoms with Crippen molar-refractivity contribution in [1.29, 1.82) is 0 Å². The lowest BCUT2D eigenvalue weighted by Gasteiger charge is -2.26. The highest BCUT2D eigenvalue weighted by molar-refractivity contribution is 7.89. The van der Waals surface area contributed by atoms with Crippen molar-refractivity contribution in [3.05, 3.63) is 48.0 Å². The first-order chi connectivity index (χ1) is 15.4. The van der Waals surface area contributed by atoms with E-state index >= 15 is 0 Å². The van der Waals surface area contributed by atoms with Gasteiger partial charge in [-0.05, 0) is 30.7 Å². The van der Waals surface area contributed by atoms with E-state index in [-0.39, 0.29) is 29.5 Å². The van der Waals surface area contributed by atoms with E-state index < -0.39 is 15.9 Å². The van der Waals surface area contributed by atoms with Gasteiger partial charge in [-0.3, -0.25) is 9.59 Å². The first-order valence-electron chi connectivity index (χ1n) is 10.4. The Morgan fingerprint density at radius 1 is 1.09 bits per heavy atom. The van der Waals surface area contributed by atoms with Gasteiger partial charge in [0.15, 0.2) is 0 Å². The number of carbonyl (C=O) groups is 2. The standard InChI is InChI=1S/C22H25N3O6S/c1-30-19-15-16(8-9-18(19)25-10-4-7-21(25)26)23-22(27)17-5-2-3-6-20(17)32(28,29)24-11-13-31-14-12-24/h2-3,5-6,8-9,15H,4,7,10-14H2,1H3,(H,23,27). The van der Waals surface area contributed by atoms with Gasteiger partial charge in [-0.25, -0.2) is 8.42 Å². The van der Waals surface area contributed by atoms with Gasteiger partial charge >= 0.3 is 0 Å². The number of benzene rings is 2. The van der Waals surface area contributed by atoms with Crippen LogP contribution in [0.15, 0.2) is 47.4 Å². The maximum absolute atomic E-state index is 13.1. The molecule has 0 atom stereocenters. The Morgan fingerprint density at radius 2 is 1.84 bits per heavy atom. The van der Waals surface area contributed by atoms with Crippen LogP contribution >= 0.6 is 0 Å². The molecule has 2 amide bonds. The summed E-state index contributed by atoms with van der Waals surface area (Å²) in [7, 11) is -2.35. The summed E-state index contributed by atoms with van der Waals surface area (Å²) in [6.07, 6.45) is 1.28. The number of ether oxygens (including phenoxy) is 2. The Morgan fingerprint density at radius 3 is 2.53 bits per heavy atom. The van der Waals surface area contributed by atoms with Crippen LogP contribution in [0.3, 0.4) is 0 Å². The Labute approximate surface area is 187 Å². The van der Waals surface area contributed by atoms with Crippen LogP contribution < -0.4 is 15.0 Å². The van der Waals surface area contributed by atoms with Crippen LogP contribution in [-0.4, -0.2) is 64.5 Å². The minimum Gasteiger partial charge on any atom is -0.494 e. The third-order valence-electron chi connectivity index (χ3n) is 5.52. The Balaban J connectivity index is 1.59. The zero-order valence-electron chi connectivity index (χ0n) is 17.7. The third-order valence-corrected chi connectivity index (χ3v) is 7.48. The fourth-order valence-corrected chi connectivity index (χ4v) is 5.48. The van der Waals surface area contributed by atoms with Gasteiger partial charge in [0.05, 0.1) is 36.5 Å². The molecule has 2 fully saturated rings. The molecule has 0 spiro atoms. The van der Waals surface area contributed by atoms with Crippen LogP contribution in [-0.2, 0) is 19.6 Å². The number of hydrogen-bond donors (Lipinski definition) is 1. The molecule has 170 valence electrons. The predicted octanol–water partition coefficient (Wildman–Crippen LogP) is 2.10. The number of hydrogen-bond acceptors (Lipinski definition) is 6. The number of morpholine rings is 1. The predicted molar refractivity (Wildman–Crippen MR) is 119 cm³/mol. The smallest absolute Gasteiger partial charge is 0.257 e. The van der Waals surface area contributed by atoms with Crippen LogP contribution in [0.1, 0.15) is 23.2 Å². The average Bonchev–Trinajstić information content (AvgIpc) is 3.25. The number of nitrogens with zero attached hydrogens (tertiary/aromatic N) is 2. The van der Waals surface area contributed by atoms with Gasteiger partial charge < -0.3 is 19.7 Å². The van der Waals surface area contributed by atoms with Crippen LogP contribution in [0.4, 0.5) is 11.4 Å². The molecule has 2 aromatic carbocycles. The van der Waals surface area contributed by atoms with Crippen LogP contribution in [0, 0.1) is 0 Å². The zero-order chi connectivity index (χ0) is 22.7. The molecule has 10 heteroatoms. The van der Waals surface area contributed by atoms with Gasteiger partial charge in [0, 0.05) is 37.8 Å². The fourth-order valence-electron chi connectivity index (χ4n) is 3.88. The highest BCUT2D eigenvalue weighted by atomic mass is 32.2. The van der Waals surface area contributed by atoms with Gasteiger partial charge in [-0.2, -0.15) is 4.31 Å². The van der Waals surface area contributed by atoms with E-state index in [9.17, 15) is 18.0 Å². The number of carbonyl (C=O) groups excluding carboxylic acids is 2. The summed E-state index contributed by atoms with van der Waals surface area (Å²) in [5.74, 6) is -0.0703. The third kappa shape index (κ3) is 4.34. The monoisotopic (exact) mass is 459 g/mol. The number of nitrogens with one attached hydrogen (secondary N) is 1. The summed E-state index contributed by atoms with van der Waals surface area (Å²) in [6, 6.07) is 11.1. The molecule has 2 aromatic rings. The number of sulfonamides is 1. The largest absolute Gasteiger partial charge is 0.494 e. The summed E-state index contributed by atoms with van der Waals surface area (Å²) in [4.78, 5) is 26.7. The molecule has 0 unspecified atom stereocenters. The van der Waals surface area contributed by atoms with Crippen LogP contribution in [0.2, 0.25) is 0 Å². The first-order valence-corrected chi connectivity index (χ1v) is 11.8. The SMILES string of the molecule is COc1cc(NC(=O)c2ccccc2S(=O)(=O)N2CCOCC2)ccc1N1CCCC1=O. The second-order valence-corrected chi connectivity index (χ2v) is 9.41. The Bertz CT molecular complexity index is 1130. The van der Waals surface area contributed by atoms with Crippen molar-refractivity contribution in [3.8, 4) is 5.75 Å². The molecule has 9 nitrogen and oxygen atoms in total. The summed E-state index contributed by atoms with van der Waals surface area (Å²) in [5.41, 5.74) is 1.13. The van der Waals surface area contributed by atoms with Crippen molar-refractivity contribution in [2.45, 2.75) is 17.7 Å². The topological polar surface area (TPSA) is 105 Å². The molecule has 0 aromatic heterocycles. The minimum absolute atomic E-state index is 0.0299. The normalized spacial score (nSPS) is 17.4. The maximum Gasteiger partial charge on any atom is 0.257 e. The molecule has 0 aliphatic carbocycles. The van der Waals surface area contributed by atoms with E-state index in [1.54, 1.807) is 35.2 Å². The molecule has 0 saturated carbocycles. The van der Waals surface area contributed by atoms with Crippen molar-refractivity contribution in [2.75, 3.05) is 50.2 Å². The van der Waals surface area contributed by atoms with Gasteiger partial charge in [0.25, 0.3) is 5.91 Å². The summed E-state index contributed by atoms with van der Waals surface area (Å²) >= 11 is 0. The van der Waals surface area contributed by atoms with Crippen molar-refractivity contribution in [3.63, 3.8) is 0 Å². The summed E-state index contributed by atoms with van der Waals surface area (Å²) in [5, 5.41) is 2.75. The molecule has 4 rings (SSSR count). The first kappa shape index (κ1) is 22.3. The highest BCUT2D eigenvalue weighted by Gasteiger charge is 2.30. The van der Waals surface area contributed by atoms with E-state index in [0.29, 0.717) is 43.3 Å². The molecule has 0 radical (unpaired) electrons. The molecular formula is C22H25N3O6S. The number of rotatable bonds is 6. The lowest BCUT2D eigenvalue weighted by Crippen LogP contribution is -2.41. The van der Waals surface area contributed by atoms with E-state index in [0.717, 1.165) is 6.42 Å². The molecule has 0 bridgehead atoms. The molecule has 32 heavy (non-hydrogen) atoms. The van der Waals surface area contributed by atoms with E-state index in [1.807, 2.05) is 0 Å². The van der Waals surface area contributed by atoms with Crippen molar-refractivity contribution >= 4 is 33.2 Å². The van der Waals surface area contributed by atoms with Crippen molar-refractivity contribution < 1.29 is 27.5 Å². The average molecular weight is 460 g/mol. The molecule has 2 saturated heterocycles. The number of anilines is 2. The molecule has 1 N–H and O–H groups in total. The van der Waals surface area contributed by atoms with Gasteiger partial charge in [-0.15, -0.1) is 0 Å². The summed E-state index contributed by atoms with van der Waals surface area (Å²) in [6.45, 7) is 1.74. The summed E-state index contributed by atoms with van der Waals surface area (Å²) < 4.78 is 38.2. The lowest BCUT2D eigenvalue weighted by atomic mass is 10.2. The second kappa shape index (κ2) is 9.27. The lowest BCUT2D eigenvalue weighted by molar-refractivity contribution is -0.117. The van der Waals surface area contributed by atoms with Crippen molar-refractivity contribution in [1.82, 2.24) is 4.31 Å². The van der Waals surface area contributed by atoms with E-state index in [2.05, 4.69) is 5.32 Å². The van der Waals surface area contributed by atoms with Crippen LogP contribution in [0.25, 0.3) is 0 Å². The maximum atomic E-state index is 13.1. The molecule has 2 heterocycles.